The SMILES string of the molecule is Nc1ccccc1-c1cccc(CCO)c1N. The van der Waals surface area contributed by atoms with Gasteiger partial charge in [-0.05, 0) is 18.1 Å². The molecule has 0 fully saturated rings. The summed E-state index contributed by atoms with van der Waals surface area (Å²) in [5, 5.41) is 8.98. The van der Waals surface area contributed by atoms with Crippen molar-refractivity contribution in [2.24, 2.45) is 0 Å². The number of nitrogens with two attached hydrogens (primary N) is 2. The molecule has 3 heteroatoms. The maximum atomic E-state index is 8.98. The lowest BCUT2D eigenvalue weighted by Gasteiger charge is -2.12. The summed E-state index contributed by atoms with van der Waals surface area (Å²) < 4.78 is 0. The number of hydrogen-bond acceptors (Lipinski definition) is 3. The molecule has 0 aliphatic carbocycles. The summed E-state index contributed by atoms with van der Waals surface area (Å²) in [5.74, 6) is 0. The van der Waals surface area contributed by atoms with Crippen LogP contribution >= 0.6 is 0 Å². The van der Waals surface area contributed by atoms with Crippen LogP contribution in [-0.2, 0) is 6.42 Å². The minimum Gasteiger partial charge on any atom is -0.398 e. The van der Waals surface area contributed by atoms with Crippen molar-refractivity contribution in [3.63, 3.8) is 0 Å². The molecule has 2 aromatic rings. The number of rotatable bonds is 3. The highest BCUT2D eigenvalue weighted by atomic mass is 16.2. The Balaban J connectivity index is 2.53. The van der Waals surface area contributed by atoms with Crippen molar-refractivity contribution >= 4 is 11.4 Å². The Kier molecular flexibility index (Phi) is 3.30. The number of aliphatic hydroxyl groups excluding tert-OH is 1. The summed E-state index contributed by atoms with van der Waals surface area (Å²) in [6.45, 7) is 0.0952. The first-order chi connectivity index (χ1) is 8.24. The Morgan fingerprint density at radius 3 is 2.29 bits per heavy atom. The molecule has 17 heavy (non-hydrogen) atoms. The van der Waals surface area contributed by atoms with Gasteiger partial charge in [0.1, 0.15) is 0 Å². The zero-order valence-electron chi connectivity index (χ0n) is 9.56. The Morgan fingerprint density at radius 2 is 1.59 bits per heavy atom. The lowest BCUT2D eigenvalue weighted by molar-refractivity contribution is 0.300. The number of nitrogen functional groups attached to an aromatic ring is 2. The molecule has 2 aromatic carbocycles. The van der Waals surface area contributed by atoms with Gasteiger partial charge in [0, 0.05) is 29.1 Å². The van der Waals surface area contributed by atoms with Crippen LogP contribution in [0.5, 0.6) is 0 Å². The molecule has 0 bridgehead atoms. The topological polar surface area (TPSA) is 72.3 Å². The number of anilines is 2. The van der Waals surface area contributed by atoms with Gasteiger partial charge in [0.2, 0.25) is 0 Å². The van der Waals surface area contributed by atoms with Gasteiger partial charge in [-0.3, -0.25) is 0 Å². The van der Waals surface area contributed by atoms with Gasteiger partial charge < -0.3 is 16.6 Å². The average molecular weight is 228 g/mol. The van der Waals surface area contributed by atoms with Crippen LogP contribution in [0.4, 0.5) is 11.4 Å². The van der Waals surface area contributed by atoms with E-state index in [1.807, 2.05) is 42.5 Å². The van der Waals surface area contributed by atoms with Gasteiger partial charge in [-0.2, -0.15) is 0 Å². The molecule has 0 saturated heterocycles. The number of para-hydroxylation sites is 2. The average Bonchev–Trinajstić information content (AvgIpc) is 2.33. The highest BCUT2D eigenvalue weighted by molar-refractivity contribution is 5.85. The van der Waals surface area contributed by atoms with Gasteiger partial charge in [0.25, 0.3) is 0 Å². The second-order valence-corrected chi connectivity index (χ2v) is 3.94. The van der Waals surface area contributed by atoms with Crippen molar-refractivity contribution < 1.29 is 5.11 Å². The number of aliphatic hydroxyl groups is 1. The van der Waals surface area contributed by atoms with E-state index in [0.29, 0.717) is 17.8 Å². The number of benzene rings is 2. The zero-order valence-corrected chi connectivity index (χ0v) is 9.56. The maximum absolute atomic E-state index is 8.98. The molecule has 0 unspecified atom stereocenters. The fourth-order valence-corrected chi connectivity index (χ4v) is 1.93. The summed E-state index contributed by atoms with van der Waals surface area (Å²) in [5.41, 5.74) is 16.3. The van der Waals surface area contributed by atoms with Crippen LogP contribution in [-0.4, -0.2) is 11.7 Å². The van der Waals surface area contributed by atoms with E-state index < -0.39 is 0 Å². The molecule has 0 aliphatic rings. The van der Waals surface area contributed by atoms with E-state index in [1.165, 1.54) is 0 Å². The Hall–Kier alpha value is -2.00. The predicted molar refractivity (Wildman–Crippen MR) is 71.5 cm³/mol. The van der Waals surface area contributed by atoms with E-state index in [1.54, 1.807) is 0 Å². The Labute approximate surface area is 101 Å². The molecule has 0 amide bonds. The monoisotopic (exact) mass is 228 g/mol. The fourth-order valence-electron chi connectivity index (χ4n) is 1.93. The normalized spacial score (nSPS) is 10.4. The molecule has 2 rings (SSSR count). The molecule has 0 aliphatic heterocycles. The smallest absolute Gasteiger partial charge is 0.0472 e. The lowest BCUT2D eigenvalue weighted by atomic mass is 9.98. The third kappa shape index (κ3) is 2.24. The first-order valence-corrected chi connectivity index (χ1v) is 5.57. The highest BCUT2D eigenvalue weighted by Crippen LogP contribution is 2.32. The highest BCUT2D eigenvalue weighted by Gasteiger charge is 2.08. The molecule has 0 heterocycles. The van der Waals surface area contributed by atoms with Gasteiger partial charge in [0.15, 0.2) is 0 Å². The molecule has 5 N–H and O–H groups in total. The minimum absolute atomic E-state index is 0.0952. The van der Waals surface area contributed by atoms with Crippen LogP contribution in [0.3, 0.4) is 0 Å². The van der Waals surface area contributed by atoms with Crippen LogP contribution in [0.25, 0.3) is 11.1 Å². The van der Waals surface area contributed by atoms with Crippen molar-refractivity contribution in [2.75, 3.05) is 18.1 Å². The molecule has 0 aromatic heterocycles. The summed E-state index contributed by atoms with van der Waals surface area (Å²) in [7, 11) is 0. The summed E-state index contributed by atoms with van der Waals surface area (Å²) in [6.07, 6.45) is 0.562. The van der Waals surface area contributed by atoms with Crippen molar-refractivity contribution in [3.8, 4) is 11.1 Å². The standard InChI is InChI=1S/C14H16N2O/c15-13-7-2-1-5-11(13)12-6-3-4-10(8-9-17)14(12)16/h1-7,17H,8-9,15-16H2. The summed E-state index contributed by atoms with van der Waals surface area (Å²) in [6, 6.07) is 13.4. The van der Waals surface area contributed by atoms with Crippen LogP contribution in [0.15, 0.2) is 42.5 Å². The molecule has 88 valence electrons. The van der Waals surface area contributed by atoms with Crippen LogP contribution < -0.4 is 11.5 Å². The largest absolute Gasteiger partial charge is 0.398 e. The lowest BCUT2D eigenvalue weighted by Crippen LogP contribution is -2.00. The summed E-state index contributed by atoms with van der Waals surface area (Å²) >= 11 is 0. The minimum atomic E-state index is 0.0952. The van der Waals surface area contributed by atoms with Gasteiger partial charge in [0.05, 0.1) is 0 Å². The van der Waals surface area contributed by atoms with Crippen molar-refractivity contribution in [3.05, 3.63) is 48.0 Å². The van der Waals surface area contributed by atoms with Crippen molar-refractivity contribution in [1.29, 1.82) is 0 Å². The van der Waals surface area contributed by atoms with Gasteiger partial charge in [-0.1, -0.05) is 36.4 Å². The van der Waals surface area contributed by atoms with Crippen LogP contribution in [0, 0.1) is 0 Å². The van der Waals surface area contributed by atoms with Gasteiger partial charge >= 0.3 is 0 Å². The second kappa shape index (κ2) is 4.89. The maximum Gasteiger partial charge on any atom is 0.0472 e. The molecule has 0 atom stereocenters. The zero-order chi connectivity index (χ0) is 12.3. The molecular weight excluding hydrogens is 212 g/mol. The Morgan fingerprint density at radius 1 is 0.882 bits per heavy atom. The van der Waals surface area contributed by atoms with E-state index in [-0.39, 0.29) is 6.61 Å². The van der Waals surface area contributed by atoms with E-state index >= 15 is 0 Å². The third-order valence-corrected chi connectivity index (χ3v) is 2.83. The summed E-state index contributed by atoms with van der Waals surface area (Å²) in [4.78, 5) is 0. The van der Waals surface area contributed by atoms with Crippen LogP contribution in [0.2, 0.25) is 0 Å². The Bertz CT molecular complexity index is 523. The third-order valence-electron chi connectivity index (χ3n) is 2.83. The number of hydrogen-bond donors (Lipinski definition) is 3. The molecule has 0 spiro atoms. The van der Waals surface area contributed by atoms with Crippen molar-refractivity contribution in [1.82, 2.24) is 0 Å². The van der Waals surface area contributed by atoms with Crippen LogP contribution in [0.1, 0.15) is 5.56 Å². The molecule has 0 saturated carbocycles. The van der Waals surface area contributed by atoms with E-state index in [4.69, 9.17) is 16.6 Å². The second-order valence-electron chi connectivity index (χ2n) is 3.94. The fraction of sp³-hybridized carbons (Fsp3) is 0.143. The van der Waals surface area contributed by atoms with Crippen molar-refractivity contribution in [2.45, 2.75) is 6.42 Å². The predicted octanol–water partition coefficient (Wildman–Crippen LogP) is 2.05. The van der Waals surface area contributed by atoms with E-state index in [2.05, 4.69) is 0 Å². The first-order valence-electron chi connectivity index (χ1n) is 5.57. The van der Waals surface area contributed by atoms with E-state index in [0.717, 1.165) is 16.7 Å². The van der Waals surface area contributed by atoms with E-state index in [9.17, 15) is 0 Å². The van der Waals surface area contributed by atoms with Gasteiger partial charge in [-0.25, -0.2) is 0 Å². The van der Waals surface area contributed by atoms with Gasteiger partial charge in [-0.15, -0.1) is 0 Å². The molecular formula is C14H16N2O. The quantitative estimate of drug-likeness (QED) is 0.704. The first kappa shape index (κ1) is 11.5. The molecule has 0 radical (unpaired) electrons. The molecule has 3 nitrogen and oxygen atoms in total.